The first-order valence-corrected chi connectivity index (χ1v) is 5.16. The fourth-order valence-electron chi connectivity index (χ4n) is 1.15. The van der Waals surface area contributed by atoms with Crippen molar-refractivity contribution in [2.45, 2.75) is 58.7 Å². The molecule has 2 unspecified atom stereocenters. The summed E-state index contributed by atoms with van der Waals surface area (Å²) in [5.74, 6) is 0.396. The highest BCUT2D eigenvalue weighted by Gasteiger charge is 2.20. The summed E-state index contributed by atoms with van der Waals surface area (Å²) in [6.07, 6.45) is 2.60. The van der Waals surface area contributed by atoms with Gasteiger partial charge >= 0.3 is 0 Å². The third kappa shape index (κ3) is 5.27. The quantitative estimate of drug-likeness (QED) is 0.694. The number of hydrogen-bond donors (Lipinski definition) is 1. The number of aliphatic hydroxyl groups is 1. The Hall–Kier alpha value is -0.0800. The van der Waals surface area contributed by atoms with Crippen LogP contribution in [-0.4, -0.2) is 23.9 Å². The molecule has 0 aliphatic heterocycles. The van der Waals surface area contributed by atoms with Crippen LogP contribution < -0.4 is 0 Å². The summed E-state index contributed by atoms with van der Waals surface area (Å²) >= 11 is 0. The molecule has 0 aliphatic carbocycles. The molecule has 0 heterocycles. The molecule has 0 bridgehead atoms. The maximum atomic E-state index is 9.72. The van der Waals surface area contributed by atoms with Crippen molar-refractivity contribution in [2.24, 2.45) is 5.92 Å². The Bertz CT molecular complexity index is 132. The van der Waals surface area contributed by atoms with Crippen LogP contribution in [0.5, 0.6) is 0 Å². The second-order valence-corrected chi connectivity index (χ2v) is 4.46. The minimum Gasteiger partial charge on any atom is -0.393 e. The van der Waals surface area contributed by atoms with Crippen LogP contribution in [0, 0.1) is 5.92 Å². The summed E-state index contributed by atoms with van der Waals surface area (Å²) in [6.45, 7) is 8.30. The van der Waals surface area contributed by atoms with Crippen molar-refractivity contribution >= 4 is 0 Å². The Morgan fingerprint density at radius 3 is 2.31 bits per heavy atom. The molecule has 13 heavy (non-hydrogen) atoms. The summed E-state index contributed by atoms with van der Waals surface area (Å²) in [6, 6.07) is 0. The van der Waals surface area contributed by atoms with Gasteiger partial charge in [-0.2, -0.15) is 0 Å². The Morgan fingerprint density at radius 1 is 1.38 bits per heavy atom. The van der Waals surface area contributed by atoms with Crippen molar-refractivity contribution in [2.75, 3.05) is 7.11 Å². The zero-order chi connectivity index (χ0) is 10.5. The van der Waals surface area contributed by atoms with Gasteiger partial charge in [0.25, 0.3) is 0 Å². The van der Waals surface area contributed by atoms with Gasteiger partial charge in [0.15, 0.2) is 0 Å². The van der Waals surface area contributed by atoms with E-state index in [1.807, 2.05) is 0 Å². The first kappa shape index (κ1) is 12.9. The van der Waals surface area contributed by atoms with Gasteiger partial charge in [0.1, 0.15) is 0 Å². The van der Waals surface area contributed by atoms with Crippen molar-refractivity contribution in [3.63, 3.8) is 0 Å². The first-order chi connectivity index (χ1) is 5.93. The van der Waals surface area contributed by atoms with Gasteiger partial charge in [-0.1, -0.05) is 20.3 Å². The van der Waals surface area contributed by atoms with Crippen molar-refractivity contribution in [3.05, 3.63) is 0 Å². The zero-order valence-electron chi connectivity index (χ0n) is 9.63. The second-order valence-electron chi connectivity index (χ2n) is 4.46. The normalized spacial score (nSPS) is 17.1. The molecule has 1 N–H and O–H groups in total. The van der Waals surface area contributed by atoms with Crippen molar-refractivity contribution in [1.82, 2.24) is 0 Å². The van der Waals surface area contributed by atoms with Crippen LogP contribution in [0.2, 0.25) is 0 Å². The predicted molar refractivity (Wildman–Crippen MR) is 55.8 cm³/mol. The van der Waals surface area contributed by atoms with Crippen LogP contribution in [0.3, 0.4) is 0 Å². The average molecular weight is 188 g/mol. The standard InChI is InChI=1S/C11H24O2/c1-6-9(2)10(12)7-8-11(3,4)13-5/h9-10,12H,6-8H2,1-5H3. The van der Waals surface area contributed by atoms with Gasteiger partial charge in [-0.3, -0.25) is 0 Å². The minimum atomic E-state index is -0.181. The zero-order valence-corrected chi connectivity index (χ0v) is 9.63. The molecule has 2 heteroatoms. The lowest BCUT2D eigenvalue weighted by Gasteiger charge is -2.25. The molecule has 0 fully saturated rings. The number of rotatable bonds is 6. The highest BCUT2D eigenvalue weighted by molar-refractivity contribution is 4.72. The van der Waals surface area contributed by atoms with Crippen molar-refractivity contribution in [3.8, 4) is 0 Å². The summed E-state index contributed by atoms with van der Waals surface area (Å²) in [5.41, 5.74) is -0.103. The van der Waals surface area contributed by atoms with Gasteiger partial charge in [0.2, 0.25) is 0 Å². The molecule has 0 aromatic rings. The lowest BCUT2D eigenvalue weighted by molar-refractivity contribution is -0.00317. The molecule has 2 atom stereocenters. The van der Waals surface area contributed by atoms with E-state index in [-0.39, 0.29) is 11.7 Å². The van der Waals surface area contributed by atoms with Crippen LogP contribution >= 0.6 is 0 Å². The van der Waals surface area contributed by atoms with Crippen molar-refractivity contribution < 1.29 is 9.84 Å². The molecule has 0 saturated carbocycles. The molecule has 0 amide bonds. The van der Waals surface area contributed by atoms with E-state index in [4.69, 9.17) is 4.74 Å². The maximum absolute atomic E-state index is 9.72. The summed E-state index contributed by atoms with van der Waals surface area (Å²) in [4.78, 5) is 0. The number of aliphatic hydroxyl groups excluding tert-OH is 1. The van der Waals surface area contributed by atoms with Gasteiger partial charge in [0, 0.05) is 7.11 Å². The predicted octanol–water partition coefficient (Wildman–Crippen LogP) is 2.60. The van der Waals surface area contributed by atoms with E-state index in [0.717, 1.165) is 19.3 Å². The maximum Gasteiger partial charge on any atom is 0.0623 e. The van der Waals surface area contributed by atoms with Gasteiger partial charge in [-0.05, 0) is 32.6 Å². The van der Waals surface area contributed by atoms with E-state index >= 15 is 0 Å². The molecular weight excluding hydrogens is 164 g/mol. The van der Waals surface area contributed by atoms with E-state index in [1.54, 1.807) is 7.11 Å². The molecule has 0 rings (SSSR count). The largest absolute Gasteiger partial charge is 0.393 e. The number of ether oxygens (including phenoxy) is 1. The van der Waals surface area contributed by atoms with Gasteiger partial charge in [0.05, 0.1) is 11.7 Å². The molecule has 80 valence electrons. The minimum absolute atomic E-state index is 0.103. The molecule has 0 radical (unpaired) electrons. The average Bonchev–Trinajstić information content (AvgIpc) is 2.13. The third-order valence-corrected chi connectivity index (χ3v) is 2.90. The molecule has 0 saturated heterocycles. The van der Waals surface area contributed by atoms with Crippen LogP contribution in [0.1, 0.15) is 47.0 Å². The Labute approximate surface area is 82.3 Å². The van der Waals surface area contributed by atoms with Crippen LogP contribution in [-0.2, 0) is 4.74 Å². The second kappa shape index (κ2) is 5.61. The Kier molecular flexibility index (Phi) is 5.57. The number of methoxy groups -OCH3 is 1. The van der Waals surface area contributed by atoms with Crippen LogP contribution in [0.4, 0.5) is 0 Å². The molecular formula is C11H24O2. The van der Waals surface area contributed by atoms with Gasteiger partial charge in [-0.25, -0.2) is 0 Å². The van der Waals surface area contributed by atoms with Crippen molar-refractivity contribution in [1.29, 1.82) is 0 Å². The third-order valence-electron chi connectivity index (χ3n) is 2.90. The van der Waals surface area contributed by atoms with Gasteiger partial charge in [-0.15, -0.1) is 0 Å². The molecule has 0 aromatic heterocycles. The van der Waals surface area contributed by atoms with E-state index in [2.05, 4.69) is 27.7 Å². The van der Waals surface area contributed by atoms with Crippen LogP contribution in [0.15, 0.2) is 0 Å². The topological polar surface area (TPSA) is 29.5 Å². The fourth-order valence-corrected chi connectivity index (χ4v) is 1.15. The van der Waals surface area contributed by atoms with Crippen LogP contribution in [0.25, 0.3) is 0 Å². The lowest BCUT2D eigenvalue weighted by atomic mass is 9.93. The lowest BCUT2D eigenvalue weighted by Crippen LogP contribution is -2.26. The monoisotopic (exact) mass is 188 g/mol. The highest BCUT2D eigenvalue weighted by Crippen LogP contribution is 2.20. The SMILES string of the molecule is CCC(C)C(O)CCC(C)(C)OC. The number of hydrogen-bond acceptors (Lipinski definition) is 2. The van der Waals surface area contributed by atoms with E-state index in [1.165, 1.54) is 0 Å². The first-order valence-electron chi connectivity index (χ1n) is 5.16. The van der Waals surface area contributed by atoms with Gasteiger partial charge < -0.3 is 9.84 Å². The molecule has 0 aromatic carbocycles. The summed E-state index contributed by atoms with van der Waals surface area (Å²) in [5, 5.41) is 9.72. The Balaban J connectivity index is 3.75. The highest BCUT2D eigenvalue weighted by atomic mass is 16.5. The molecule has 2 nitrogen and oxygen atoms in total. The van der Waals surface area contributed by atoms with E-state index in [9.17, 15) is 5.11 Å². The molecule has 0 aliphatic rings. The molecule has 0 spiro atoms. The van der Waals surface area contributed by atoms with E-state index in [0.29, 0.717) is 5.92 Å². The smallest absolute Gasteiger partial charge is 0.0623 e. The van der Waals surface area contributed by atoms with E-state index < -0.39 is 0 Å². The summed E-state index contributed by atoms with van der Waals surface area (Å²) in [7, 11) is 1.72. The summed E-state index contributed by atoms with van der Waals surface area (Å²) < 4.78 is 5.29. The Morgan fingerprint density at radius 2 is 1.92 bits per heavy atom. The fraction of sp³-hybridized carbons (Fsp3) is 1.00.